The maximum Gasteiger partial charge on any atom is 0.144 e. The first-order valence-corrected chi connectivity index (χ1v) is 6.39. The number of hydrogen-bond acceptors (Lipinski definition) is 4. The number of ether oxygens (including phenoxy) is 1. The summed E-state index contributed by atoms with van der Waals surface area (Å²) in [5.74, 6) is 0.364. The Morgan fingerprint density at radius 2 is 1.80 bits per heavy atom. The summed E-state index contributed by atoms with van der Waals surface area (Å²) in [5.41, 5.74) is 13.5. The predicted octanol–water partition coefficient (Wildman–Crippen LogP) is 2.16. The molecule has 0 aliphatic heterocycles. The lowest BCUT2D eigenvalue weighted by molar-refractivity contribution is 0.315. The van der Waals surface area contributed by atoms with Crippen LogP contribution < -0.4 is 21.5 Å². The number of halogens is 1. The Morgan fingerprint density at radius 3 is 2.55 bits per heavy atom. The number of rotatable bonds is 6. The fourth-order valence-corrected chi connectivity index (χ4v) is 1.75. The standard InChI is InChI=1S/C15H18FN3O/c16-12-6-4-11(5-7-12)10-19-8-9-20-14-3-1-2-13(17)15(14)18/h1-7,19H,8-10,17-18H2. The molecule has 0 saturated heterocycles. The smallest absolute Gasteiger partial charge is 0.144 e. The van der Waals surface area contributed by atoms with Gasteiger partial charge in [0.05, 0.1) is 11.4 Å². The van der Waals surface area contributed by atoms with Crippen molar-refractivity contribution in [2.75, 3.05) is 24.6 Å². The van der Waals surface area contributed by atoms with Crippen molar-refractivity contribution in [3.05, 3.63) is 53.8 Å². The third kappa shape index (κ3) is 3.86. The number of benzene rings is 2. The van der Waals surface area contributed by atoms with Gasteiger partial charge >= 0.3 is 0 Å². The molecule has 0 aliphatic rings. The summed E-state index contributed by atoms with van der Waals surface area (Å²) in [5, 5.41) is 3.21. The van der Waals surface area contributed by atoms with Crippen molar-refractivity contribution < 1.29 is 9.13 Å². The van der Waals surface area contributed by atoms with Crippen LogP contribution in [0.5, 0.6) is 5.75 Å². The van der Waals surface area contributed by atoms with Crippen LogP contribution in [0.15, 0.2) is 42.5 Å². The summed E-state index contributed by atoms with van der Waals surface area (Å²) < 4.78 is 18.3. The minimum Gasteiger partial charge on any atom is -0.490 e. The molecule has 0 unspecified atom stereocenters. The Morgan fingerprint density at radius 1 is 1.05 bits per heavy atom. The molecule has 0 bridgehead atoms. The molecule has 2 aromatic carbocycles. The summed E-state index contributed by atoms with van der Waals surface area (Å²) in [6, 6.07) is 11.7. The van der Waals surface area contributed by atoms with Gasteiger partial charge in [-0.15, -0.1) is 0 Å². The fourth-order valence-electron chi connectivity index (χ4n) is 1.75. The van der Waals surface area contributed by atoms with Gasteiger partial charge in [0.15, 0.2) is 0 Å². The van der Waals surface area contributed by atoms with Gasteiger partial charge in [0.25, 0.3) is 0 Å². The highest BCUT2D eigenvalue weighted by Crippen LogP contribution is 2.26. The molecule has 2 aromatic rings. The molecule has 0 amide bonds. The van der Waals surface area contributed by atoms with E-state index in [0.717, 1.165) is 5.56 Å². The second kappa shape index (κ2) is 6.77. The third-order valence-electron chi connectivity index (χ3n) is 2.88. The molecule has 5 heteroatoms. The van der Waals surface area contributed by atoms with Crippen molar-refractivity contribution in [1.29, 1.82) is 0 Å². The lowest BCUT2D eigenvalue weighted by atomic mass is 10.2. The molecule has 106 valence electrons. The number of para-hydroxylation sites is 1. The van der Waals surface area contributed by atoms with Crippen LogP contribution >= 0.6 is 0 Å². The first-order valence-electron chi connectivity index (χ1n) is 6.39. The van der Waals surface area contributed by atoms with Gasteiger partial charge in [-0.05, 0) is 29.8 Å². The van der Waals surface area contributed by atoms with Gasteiger partial charge in [0, 0.05) is 13.1 Å². The lowest BCUT2D eigenvalue weighted by Gasteiger charge is -2.11. The van der Waals surface area contributed by atoms with E-state index in [0.29, 0.717) is 36.8 Å². The number of nitrogens with one attached hydrogen (secondary N) is 1. The van der Waals surface area contributed by atoms with Crippen molar-refractivity contribution in [2.45, 2.75) is 6.54 Å². The summed E-state index contributed by atoms with van der Waals surface area (Å²) in [7, 11) is 0. The second-order valence-electron chi connectivity index (χ2n) is 4.41. The zero-order valence-corrected chi connectivity index (χ0v) is 11.1. The third-order valence-corrected chi connectivity index (χ3v) is 2.88. The van der Waals surface area contributed by atoms with Crippen LogP contribution in [0.3, 0.4) is 0 Å². The van der Waals surface area contributed by atoms with E-state index >= 15 is 0 Å². The van der Waals surface area contributed by atoms with E-state index in [1.807, 2.05) is 0 Å². The molecule has 0 radical (unpaired) electrons. The van der Waals surface area contributed by atoms with Crippen molar-refractivity contribution in [2.24, 2.45) is 0 Å². The Balaban J connectivity index is 1.71. The maximum absolute atomic E-state index is 12.7. The largest absolute Gasteiger partial charge is 0.490 e. The molecule has 0 aromatic heterocycles. The van der Waals surface area contributed by atoms with Crippen LogP contribution in [0.25, 0.3) is 0 Å². The molecule has 5 N–H and O–H groups in total. The summed E-state index contributed by atoms with van der Waals surface area (Å²) >= 11 is 0. The van der Waals surface area contributed by atoms with Gasteiger partial charge in [-0.1, -0.05) is 18.2 Å². The van der Waals surface area contributed by atoms with Gasteiger partial charge in [-0.2, -0.15) is 0 Å². The molecule has 0 fully saturated rings. The highest BCUT2D eigenvalue weighted by Gasteiger charge is 2.02. The Labute approximate surface area is 117 Å². The van der Waals surface area contributed by atoms with Crippen molar-refractivity contribution in [3.63, 3.8) is 0 Å². The zero-order chi connectivity index (χ0) is 14.4. The predicted molar refractivity (Wildman–Crippen MR) is 78.9 cm³/mol. The molecule has 2 rings (SSSR count). The molecule has 20 heavy (non-hydrogen) atoms. The molecule has 0 spiro atoms. The quantitative estimate of drug-likeness (QED) is 0.558. The normalized spacial score (nSPS) is 10.4. The molecule has 0 aliphatic carbocycles. The van der Waals surface area contributed by atoms with Crippen molar-refractivity contribution in [1.82, 2.24) is 5.32 Å². The number of nitrogen functional groups attached to an aromatic ring is 2. The highest BCUT2D eigenvalue weighted by atomic mass is 19.1. The van der Waals surface area contributed by atoms with Crippen LogP contribution in [-0.2, 0) is 6.54 Å². The van der Waals surface area contributed by atoms with Gasteiger partial charge in [0.1, 0.15) is 18.2 Å². The first-order chi connectivity index (χ1) is 9.66. The van der Waals surface area contributed by atoms with Crippen LogP contribution in [0.4, 0.5) is 15.8 Å². The topological polar surface area (TPSA) is 73.3 Å². The molecule has 0 saturated carbocycles. The van der Waals surface area contributed by atoms with E-state index in [9.17, 15) is 4.39 Å². The molecular weight excluding hydrogens is 257 g/mol. The average molecular weight is 275 g/mol. The molecular formula is C15H18FN3O. The molecule has 4 nitrogen and oxygen atoms in total. The van der Waals surface area contributed by atoms with E-state index in [1.165, 1.54) is 12.1 Å². The Bertz CT molecular complexity index is 558. The van der Waals surface area contributed by atoms with Crippen molar-refractivity contribution >= 4 is 11.4 Å². The van der Waals surface area contributed by atoms with E-state index in [-0.39, 0.29) is 5.82 Å². The number of hydrogen-bond donors (Lipinski definition) is 3. The van der Waals surface area contributed by atoms with Gasteiger partial charge < -0.3 is 21.5 Å². The number of nitrogens with two attached hydrogens (primary N) is 2. The maximum atomic E-state index is 12.7. The first kappa shape index (κ1) is 14.1. The van der Waals surface area contributed by atoms with E-state index in [1.54, 1.807) is 30.3 Å². The van der Waals surface area contributed by atoms with Gasteiger partial charge in [-0.3, -0.25) is 0 Å². The molecule has 0 atom stereocenters. The monoisotopic (exact) mass is 275 g/mol. The number of anilines is 2. The Hall–Kier alpha value is -2.27. The summed E-state index contributed by atoms with van der Waals surface area (Å²) in [6.07, 6.45) is 0. The average Bonchev–Trinajstić information content (AvgIpc) is 2.45. The SMILES string of the molecule is Nc1cccc(OCCNCc2ccc(F)cc2)c1N. The van der Waals surface area contributed by atoms with E-state index < -0.39 is 0 Å². The van der Waals surface area contributed by atoms with Crippen LogP contribution in [0, 0.1) is 5.82 Å². The summed E-state index contributed by atoms with van der Waals surface area (Å²) in [6.45, 7) is 1.80. The Kier molecular flexibility index (Phi) is 4.79. The van der Waals surface area contributed by atoms with Crippen LogP contribution in [-0.4, -0.2) is 13.2 Å². The van der Waals surface area contributed by atoms with Gasteiger partial charge in [-0.25, -0.2) is 4.39 Å². The van der Waals surface area contributed by atoms with Crippen LogP contribution in [0.2, 0.25) is 0 Å². The second-order valence-corrected chi connectivity index (χ2v) is 4.41. The van der Waals surface area contributed by atoms with Gasteiger partial charge in [0.2, 0.25) is 0 Å². The lowest BCUT2D eigenvalue weighted by Crippen LogP contribution is -2.20. The minimum atomic E-state index is -0.228. The van der Waals surface area contributed by atoms with E-state index in [2.05, 4.69) is 5.32 Å². The summed E-state index contributed by atoms with van der Waals surface area (Å²) in [4.78, 5) is 0. The zero-order valence-electron chi connectivity index (χ0n) is 11.1. The fraction of sp³-hybridized carbons (Fsp3) is 0.200. The molecule has 0 heterocycles. The van der Waals surface area contributed by atoms with Crippen LogP contribution in [0.1, 0.15) is 5.56 Å². The minimum absolute atomic E-state index is 0.228. The van der Waals surface area contributed by atoms with E-state index in [4.69, 9.17) is 16.2 Å². The van der Waals surface area contributed by atoms with Crippen molar-refractivity contribution in [3.8, 4) is 5.75 Å². The highest BCUT2D eigenvalue weighted by molar-refractivity contribution is 5.70.